The predicted molar refractivity (Wildman–Crippen MR) is 90.2 cm³/mol. The summed E-state index contributed by atoms with van der Waals surface area (Å²) in [5, 5.41) is 2.88. The molecule has 1 atom stereocenters. The summed E-state index contributed by atoms with van der Waals surface area (Å²) in [6, 6.07) is 4.57. The maximum absolute atomic E-state index is 12.6. The van der Waals surface area contributed by atoms with Crippen molar-refractivity contribution in [2.45, 2.75) is 32.7 Å². The molecule has 0 radical (unpaired) electrons. The van der Waals surface area contributed by atoms with E-state index in [2.05, 4.69) is 5.32 Å². The number of carbonyl (C=O) groups is 2. The highest BCUT2D eigenvalue weighted by atomic mass is 16.7. The van der Waals surface area contributed by atoms with Crippen molar-refractivity contribution in [2.75, 3.05) is 20.4 Å². The van der Waals surface area contributed by atoms with Crippen LogP contribution in [0.4, 0.5) is 4.79 Å². The lowest BCUT2D eigenvalue weighted by molar-refractivity contribution is -0.139. The molecule has 1 N–H and O–H groups in total. The standard InChI is InChI=1S/C18H22N2O5/c1-4-6-12-15(17(21)23-5-2)16(19-18(22)20(12)3)11-7-8-13-14(9-11)25-10-24-13/h7-9,16H,4-6,10H2,1-3H3,(H,19,22)/t16-/m0/s1. The van der Waals surface area contributed by atoms with Gasteiger partial charge < -0.3 is 24.4 Å². The second-order valence-corrected chi connectivity index (χ2v) is 5.89. The molecule has 2 aliphatic rings. The monoisotopic (exact) mass is 346 g/mol. The molecule has 7 heteroatoms. The number of ether oxygens (including phenoxy) is 3. The van der Waals surface area contributed by atoms with E-state index in [1.165, 1.54) is 4.90 Å². The third kappa shape index (κ3) is 3.14. The summed E-state index contributed by atoms with van der Waals surface area (Å²) in [7, 11) is 1.66. The van der Waals surface area contributed by atoms with Crippen LogP contribution in [0.15, 0.2) is 29.5 Å². The minimum absolute atomic E-state index is 0.167. The number of benzene rings is 1. The van der Waals surface area contributed by atoms with Crippen LogP contribution < -0.4 is 14.8 Å². The fourth-order valence-corrected chi connectivity index (χ4v) is 3.09. The Morgan fingerprint density at radius 1 is 1.32 bits per heavy atom. The van der Waals surface area contributed by atoms with Gasteiger partial charge in [0, 0.05) is 12.7 Å². The van der Waals surface area contributed by atoms with Crippen molar-refractivity contribution in [2.24, 2.45) is 0 Å². The summed E-state index contributed by atoms with van der Waals surface area (Å²) in [4.78, 5) is 26.5. The molecule has 2 aliphatic heterocycles. The quantitative estimate of drug-likeness (QED) is 0.830. The third-order valence-electron chi connectivity index (χ3n) is 4.29. The van der Waals surface area contributed by atoms with Gasteiger partial charge in [0.15, 0.2) is 11.5 Å². The number of hydrogen-bond donors (Lipinski definition) is 1. The lowest BCUT2D eigenvalue weighted by atomic mass is 9.93. The molecule has 0 aromatic heterocycles. The largest absolute Gasteiger partial charge is 0.463 e. The number of esters is 1. The summed E-state index contributed by atoms with van der Waals surface area (Å²) >= 11 is 0. The third-order valence-corrected chi connectivity index (χ3v) is 4.29. The number of carbonyl (C=O) groups excluding carboxylic acids is 2. The smallest absolute Gasteiger partial charge is 0.338 e. The zero-order valence-electron chi connectivity index (χ0n) is 14.6. The van der Waals surface area contributed by atoms with E-state index in [0.29, 0.717) is 29.2 Å². The second kappa shape index (κ2) is 7.04. The summed E-state index contributed by atoms with van der Waals surface area (Å²) < 4.78 is 16.0. The SMILES string of the molecule is CCCC1=C(C(=O)OCC)[C@H](c2ccc3c(c2)OCO3)NC(=O)N1C. The molecule has 0 unspecified atom stereocenters. The van der Waals surface area contributed by atoms with Crippen molar-refractivity contribution in [3.63, 3.8) is 0 Å². The maximum atomic E-state index is 12.6. The van der Waals surface area contributed by atoms with Crippen molar-refractivity contribution in [3.05, 3.63) is 35.0 Å². The Kier molecular flexibility index (Phi) is 4.83. The van der Waals surface area contributed by atoms with Gasteiger partial charge >= 0.3 is 12.0 Å². The number of hydrogen-bond acceptors (Lipinski definition) is 5. The molecule has 0 bridgehead atoms. The number of fused-ring (bicyclic) bond motifs is 1. The number of nitrogens with one attached hydrogen (secondary N) is 1. The van der Waals surface area contributed by atoms with Gasteiger partial charge in [-0.3, -0.25) is 0 Å². The van der Waals surface area contributed by atoms with Gasteiger partial charge in [0.1, 0.15) is 0 Å². The molecule has 0 fully saturated rings. The van der Waals surface area contributed by atoms with E-state index in [4.69, 9.17) is 14.2 Å². The number of allylic oxidation sites excluding steroid dienone is 1. The van der Waals surface area contributed by atoms with Gasteiger partial charge in [-0.05, 0) is 31.0 Å². The van der Waals surface area contributed by atoms with Gasteiger partial charge in [0.05, 0.1) is 18.2 Å². The second-order valence-electron chi connectivity index (χ2n) is 5.89. The molecule has 0 saturated carbocycles. The Hall–Kier alpha value is -2.70. The molecule has 3 rings (SSSR count). The van der Waals surface area contributed by atoms with Crippen LogP contribution >= 0.6 is 0 Å². The Labute approximate surface area is 146 Å². The summed E-state index contributed by atoms with van der Waals surface area (Å²) in [5.74, 6) is 0.838. The molecule has 25 heavy (non-hydrogen) atoms. The summed E-state index contributed by atoms with van der Waals surface area (Å²) in [6.45, 7) is 4.21. The summed E-state index contributed by atoms with van der Waals surface area (Å²) in [6.07, 6.45) is 1.42. The van der Waals surface area contributed by atoms with Crippen molar-refractivity contribution in [3.8, 4) is 11.5 Å². The van der Waals surface area contributed by atoms with Crippen molar-refractivity contribution in [1.29, 1.82) is 0 Å². The Bertz CT molecular complexity index is 728. The molecule has 134 valence electrons. The molecule has 0 spiro atoms. The molecule has 2 heterocycles. The minimum atomic E-state index is -0.584. The molecule has 1 aromatic carbocycles. The molecule has 0 aliphatic carbocycles. The summed E-state index contributed by atoms with van der Waals surface area (Å²) in [5.41, 5.74) is 1.90. The number of nitrogens with zero attached hydrogens (tertiary/aromatic N) is 1. The van der Waals surface area contributed by atoms with Crippen LogP contribution in [0.5, 0.6) is 11.5 Å². The predicted octanol–water partition coefficient (Wildman–Crippen LogP) is 2.73. The highest BCUT2D eigenvalue weighted by Crippen LogP contribution is 2.38. The van der Waals surface area contributed by atoms with Crippen LogP contribution in [0, 0.1) is 0 Å². The van der Waals surface area contributed by atoms with E-state index < -0.39 is 12.0 Å². The highest BCUT2D eigenvalue weighted by molar-refractivity contribution is 5.95. The molecular weight excluding hydrogens is 324 g/mol. The molecule has 7 nitrogen and oxygen atoms in total. The first-order valence-electron chi connectivity index (χ1n) is 8.40. The Morgan fingerprint density at radius 3 is 2.80 bits per heavy atom. The fourth-order valence-electron chi connectivity index (χ4n) is 3.09. The van der Waals surface area contributed by atoms with E-state index >= 15 is 0 Å². The fraction of sp³-hybridized carbons (Fsp3) is 0.444. The number of amides is 2. The average Bonchev–Trinajstić information content (AvgIpc) is 3.06. The highest BCUT2D eigenvalue weighted by Gasteiger charge is 2.36. The first-order valence-corrected chi connectivity index (χ1v) is 8.40. The number of rotatable bonds is 5. The molecule has 0 saturated heterocycles. The zero-order chi connectivity index (χ0) is 18.0. The zero-order valence-corrected chi connectivity index (χ0v) is 14.6. The topological polar surface area (TPSA) is 77.1 Å². The van der Waals surface area contributed by atoms with Crippen LogP contribution in [-0.4, -0.2) is 37.3 Å². The minimum Gasteiger partial charge on any atom is -0.463 e. The lowest BCUT2D eigenvalue weighted by Gasteiger charge is -2.34. The van der Waals surface area contributed by atoms with Crippen molar-refractivity contribution >= 4 is 12.0 Å². The van der Waals surface area contributed by atoms with E-state index in [-0.39, 0.29) is 19.4 Å². The van der Waals surface area contributed by atoms with E-state index in [0.717, 1.165) is 12.0 Å². The average molecular weight is 346 g/mol. The van der Waals surface area contributed by atoms with Crippen molar-refractivity contribution < 1.29 is 23.8 Å². The molecule has 1 aromatic rings. The first kappa shape index (κ1) is 17.1. The van der Waals surface area contributed by atoms with Crippen LogP contribution in [0.25, 0.3) is 0 Å². The molecule has 2 amide bonds. The van der Waals surface area contributed by atoms with Crippen LogP contribution in [0.1, 0.15) is 38.3 Å². The van der Waals surface area contributed by atoms with E-state index in [1.54, 1.807) is 26.1 Å². The van der Waals surface area contributed by atoms with Gasteiger partial charge in [-0.1, -0.05) is 19.4 Å². The van der Waals surface area contributed by atoms with Gasteiger partial charge in [-0.25, -0.2) is 9.59 Å². The lowest BCUT2D eigenvalue weighted by Crippen LogP contribution is -2.46. The number of urea groups is 1. The Morgan fingerprint density at radius 2 is 2.08 bits per heavy atom. The van der Waals surface area contributed by atoms with Crippen molar-refractivity contribution in [1.82, 2.24) is 10.2 Å². The van der Waals surface area contributed by atoms with Crippen LogP contribution in [-0.2, 0) is 9.53 Å². The van der Waals surface area contributed by atoms with Gasteiger partial charge in [-0.2, -0.15) is 0 Å². The Balaban J connectivity index is 2.08. The normalized spacial score (nSPS) is 19.1. The maximum Gasteiger partial charge on any atom is 0.338 e. The van der Waals surface area contributed by atoms with Gasteiger partial charge in [-0.15, -0.1) is 0 Å². The first-order chi connectivity index (χ1) is 12.1. The van der Waals surface area contributed by atoms with Crippen LogP contribution in [0.2, 0.25) is 0 Å². The van der Waals surface area contributed by atoms with E-state index in [1.807, 2.05) is 13.0 Å². The van der Waals surface area contributed by atoms with E-state index in [9.17, 15) is 9.59 Å². The van der Waals surface area contributed by atoms with Gasteiger partial charge in [0.25, 0.3) is 0 Å². The van der Waals surface area contributed by atoms with Crippen LogP contribution in [0.3, 0.4) is 0 Å². The van der Waals surface area contributed by atoms with Gasteiger partial charge in [0.2, 0.25) is 6.79 Å². The molecular formula is C18H22N2O5.